The molecular weight excluding hydrogens is 342 g/mol. The van der Waals surface area contributed by atoms with Crippen LogP contribution in [0, 0.1) is 5.92 Å². The molecular formula is C21H31N3O3. The lowest BCUT2D eigenvalue weighted by Gasteiger charge is -2.29. The molecule has 148 valence electrons. The zero-order valence-electron chi connectivity index (χ0n) is 16.3. The van der Waals surface area contributed by atoms with Crippen LogP contribution in [-0.2, 0) is 9.59 Å². The number of anilines is 1. The van der Waals surface area contributed by atoms with Crippen LogP contribution in [-0.4, -0.2) is 56.0 Å². The fourth-order valence-corrected chi connectivity index (χ4v) is 3.78. The monoisotopic (exact) mass is 373 g/mol. The molecule has 0 radical (unpaired) electrons. The van der Waals surface area contributed by atoms with E-state index >= 15 is 0 Å². The summed E-state index contributed by atoms with van der Waals surface area (Å²) in [6.45, 7) is 7.04. The molecule has 3 rings (SSSR count). The number of hydrogen-bond acceptors (Lipinski definition) is 4. The molecule has 6 heteroatoms. The summed E-state index contributed by atoms with van der Waals surface area (Å²) in [5.74, 6) is 1.15. The number of benzene rings is 1. The molecule has 0 bridgehead atoms. The largest absolute Gasteiger partial charge is 0.484 e. The van der Waals surface area contributed by atoms with E-state index in [4.69, 9.17) is 4.74 Å². The number of ether oxygens (including phenoxy) is 1. The molecule has 0 saturated carbocycles. The summed E-state index contributed by atoms with van der Waals surface area (Å²) in [7, 11) is 0. The van der Waals surface area contributed by atoms with Crippen LogP contribution in [0.4, 0.5) is 5.69 Å². The van der Waals surface area contributed by atoms with E-state index in [1.54, 1.807) is 4.90 Å². The SMILES string of the molecule is CC(CNC(=O)COc1ccc(N2CCCC2=O)cc1)CN1CCCCC1. The van der Waals surface area contributed by atoms with Crippen molar-refractivity contribution in [3.8, 4) is 5.75 Å². The van der Waals surface area contributed by atoms with Crippen LogP contribution in [0.1, 0.15) is 39.0 Å². The number of amides is 2. The molecule has 1 unspecified atom stereocenters. The first-order chi connectivity index (χ1) is 13.1. The number of carbonyl (C=O) groups is 2. The summed E-state index contributed by atoms with van der Waals surface area (Å²) in [6, 6.07) is 7.37. The second-order valence-corrected chi connectivity index (χ2v) is 7.70. The van der Waals surface area contributed by atoms with Gasteiger partial charge in [-0.05, 0) is 62.5 Å². The Morgan fingerprint density at radius 1 is 1.11 bits per heavy atom. The zero-order valence-corrected chi connectivity index (χ0v) is 16.3. The summed E-state index contributed by atoms with van der Waals surface area (Å²) in [6.07, 6.45) is 5.45. The van der Waals surface area contributed by atoms with Crippen LogP contribution in [0.25, 0.3) is 0 Å². The Labute approximate surface area is 161 Å². The average molecular weight is 373 g/mol. The van der Waals surface area contributed by atoms with Gasteiger partial charge in [-0.2, -0.15) is 0 Å². The fraction of sp³-hybridized carbons (Fsp3) is 0.619. The minimum absolute atomic E-state index is 0.0123. The maximum Gasteiger partial charge on any atom is 0.257 e. The first kappa shape index (κ1) is 19.7. The summed E-state index contributed by atoms with van der Waals surface area (Å²) in [4.78, 5) is 28.1. The molecule has 27 heavy (non-hydrogen) atoms. The van der Waals surface area contributed by atoms with E-state index in [0.29, 0.717) is 24.6 Å². The molecule has 0 aliphatic carbocycles. The van der Waals surface area contributed by atoms with Crippen molar-refractivity contribution in [2.75, 3.05) is 44.2 Å². The Balaban J connectivity index is 1.35. The molecule has 1 aromatic carbocycles. The Morgan fingerprint density at radius 3 is 2.52 bits per heavy atom. The molecule has 0 spiro atoms. The standard InChI is InChI=1S/C21H31N3O3/c1-17(15-23-11-3-2-4-12-23)14-22-20(25)16-27-19-9-7-18(8-10-19)24-13-5-6-21(24)26/h7-10,17H,2-6,11-16H2,1H3,(H,22,25). The lowest BCUT2D eigenvalue weighted by Crippen LogP contribution is -2.39. The number of nitrogens with one attached hydrogen (secondary N) is 1. The Kier molecular flexibility index (Phi) is 7.10. The normalized spacial score (nSPS) is 19.1. The summed E-state index contributed by atoms with van der Waals surface area (Å²) in [5.41, 5.74) is 0.890. The minimum atomic E-state index is -0.0979. The van der Waals surface area contributed by atoms with E-state index in [-0.39, 0.29) is 18.4 Å². The number of hydrogen-bond donors (Lipinski definition) is 1. The van der Waals surface area contributed by atoms with Gasteiger partial charge < -0.3 is 19.9 Å². The number of rotatable bonds is 8. The van der Waals surface area contributed by atoms with Gasteiger partial charge in [0.25, 0.3) is 5.91 Å². The van der Waals surface area contributed by atoms with Crippen LogP contribution in [0.5, 0.6) is 5.75 Å². The van der Waals surface area contributed by atoms with Crippen LogP contribution >= 0.6 is 0 Å². The van der Waals surface area contributed by atoms with E-state index in [1.165, 1.54) is 32.4 Å². The topological polar surface area (TPSA) is 61.9 Å². The first-order valence-electron chi connectivity index (χ1n) is 10.1. The molecule has 6 nitrogen and oxygen atoms in total. The van der Waals surface area contributed by atoms with Gasteiger partial charge in [0.1, 0.15) is 5.75 Å². The fourth-order valence-electron chi connectivity index (χ4n) is 3.78. The number of nitrogens with zero attached hydrogens (tertiary/aromatic N) is 2. The highest BCUT2D eigenvalue weighted by molar-refractivity contribution is 5.95. The average Bonchev–Trinajstić information content (AvgIpc) is 3.12. The highest BCUT2D eigenvalue weighted by Gasteiger charge is 2.21. The molecule has 1 aromatic rings. The van der Waals surface area contributed by atoms with E-state index in [0.717, 1.165) is 25.2 Å². The van der Waals surface area contributed by atoms with Gasteiger partial charge in [0, 0.05) is 31.7 Å². The van der Waals surface area contributed by atoms with Crippen LogP contribution in [0.15, 0.2) is 24.3 Å². The number of likely N-dealkylation sites (tertiary alicyclic amines) is 1. The molecule has 1 atom stereocenters. The van der Waals surface area contributed by atoms with Crippen LogP contribution in [0.2, 0.25) is 0 Å². The molecule has 0 aromatic heterocycles. The van der Waals surface area contributed by atoms with Crippen LogP contribution < -0.4 is 15.0 Å². The van der Waals surface area contributed by atoms with E-state index in [9.17, 15) is 9.59 Å². The van der Waals surface area contributed by atoms with Crippen molar-refractivity contribution < 1.29 is 14.3 Å². The van der Waals surface area contributed by atoms with Gasteiger partial charge in [-0.25, -0.2) is 0 Å². The summed E-state index contributed by atoms with van der Waals surface area (Å²) < 4.78 is 5.57. The maximum absolute atomic E-state index is 12.0. The van der Waals surface area contributed by atoms with E-state index < -0.39 is 0 Å². The van der Waals surface area contributed by atoms with Gasteiger partial charge in [0.15, 0.2) is 6.61 Å². The van der Waals surface area contributed by atoms with Crippen LogP contribution in [0.3, 0.4) is 0 Å². The van der Waals surface area contributed by atoms with E-state index in [1.807, 2.05) is 24.3 Å². The van der Waals surface area contributed by atoms with Gasteiger partial charge in [-0.1, -0.05) is 13.3 Å². The first-order valence-corrected chi connectivity index (χ1v) is 10.1. The summed E-state index contributed by atoms with van der Waals surface area (Å²) >= 11 is 0. The predicted octanol–water partition coefficient (Wildman–Crippen LogP) is 2.43. The molecule has 2 fully saturated rings. The molecule has 2 heterocycles. The highest BCUT2D eigenvalue weighted by Crippen LogP contribution is 2.23. The summed E-state index contributed by atoms with van der Waals surface area (Å²) in [5, 5.41) is 2.96. The minimum Gasteiger partial charge on any atom is -0.484 e. The lowest BCUT2D eigenvalue weighted by atomic mass is 10.1. The molecule has 2 saturated heterocycles. The third-order valence-corrected chi connectivity index (χ3v) is 5.26. The van der Waals surface area contributed by atoms with Crippen molar-refractivity contribution in [1.82, 2.24) is 10.2 Å². The molecule has 2 aliphatic rings. The van der Waals surface area contributed by atoms with Gasteiger partial charge in [-0.15, -0.1) is 0 Å². The van der Waals surface area contributed by atoms with Crippen molar-refractivity contribution in [1.29, 1.82) is 0 Å². The van der Waals surface area contributed by atoms with Gasteiger partial charge in [-0.3, -0.25) is 9.59 Å². The zero-order chi connectivity index (χ0) is 19.1. The number of carbonyl (C=O) groups excluding carboxylic acids is 2. The lowest BCUT2D eigenvalue weighted by molar-refractivity contribution is -0.123. The van der Waals surface area contributed by atoms with Crippen molar-refractivity contribution in [2.45, 2.75) is 39.0 Å². The maximum atomic E-state index is 12.0. The van der Waals surface area contributed by atoms with Crippen molar-refractivity contribution in [3.63, 3.8) is 0 Å². The third-order valence-electron chi connectivity index (χ3n) is 5.26. The van der Waals surface area contributed by atoms with Gasteiger partial charge in [0.05, 0.1) is 0 Å². The van der Waals surface area contributed by atoms with Crippen molar-refractivity contribution in [3.05, 3.63) is 24.3 Å². The smallest absolute Gasteiger partial charge is 0.257 e. The molecule has 1 N–H and O–H groups in total. The van der Waals surface area contributed by atoms with Gasteiger partial charge in [0.2, 0.25) is 5.91 Å². The quantitative estimate of drug-likeness (QED) is 0.760. The third kappa shape index (κ3) is 5.96. The molecule has 2 aliphatic heterocycles. The van der Waals surface area contributed by atoms with Crippen molar-refractivity contribution >= 4 is 17.5 Å². The second-order valence-electron chi connectivity index (χ2n) is 7.70. The molecule has 2 amide bonds. The highest BCUT2D eigenvalue weighted by atomic mass is 16.5. The van der Waals surface area contributed by atoms with E-state index in [2.05, 4.69) is 17.1 Å². The number of piperidine rings is 1. The van der Waals surface area contributed by atoms with Gasteiger partial charge >= 0.3 is 0 Å². The Hall–Kier alpha value is -2.08. The Morgan fingerprint density at radius 2 is 1.85 bits per heavy atom. The van der Waals surface area contributed by atoms with Crippen molar-refractivity contribution in [2.24, 2.45) is 5.92 Å². The second kappa shape index (κ2) is 9.74. The predicted molar refractivity (Wildman–Crippen MR) is 106 cm³/mol. The Bertz CT molecular complexity index is 626.